The van der Waals surface area contributed by atoms with Gasteiger partial charge in [0.1, 0.15) is 4.90 Å². The molecule has 0 saturated heterocycles. The Morgan fingerprint density at radius 3 is 2.35 bits per heavy atom. The molecular formula is C14H25N3O2S. The molecule has 4 N–H and O–H groups in total. The minimum Gasteiger partial charge on any atom is -0.382 e. The number of rotatable bonds is 8. The highest BCUT2D eigenvalue weighted by Crippen LogP contribution is 2.21. The number of anilines is 1. The number of nitrogens with one attached hydrogen (secondary N) is 2. The zero-order valence-corrected chi connectivity index (χ0v) is 13.2. The molecule has 0 aromatic heterocycles. The van der Waals surface area contributed by atoms with Crippen LogP contribution in [0.5, 0.6) is 0 Å². The SMILES string of the molecule is CCC(CC)C(N)CNc1ccccc1S(=O)(=O)NC. The van der Waals surface area contributed by atoms with E-state index in [4.69, 9.17) is 5.73 Å². The summed E-state index contributed by atoms with van der Waals surface area (Å²) in [6.45, 7) is 4.80. The normalized spacial score (nSPS) is 13.4. The molecule has 0 fully saturated rings. The van der Waals surface area contributed by atoms with Crippen molar-refractivity contribution in [1.29, 1.82) is 0 Å². The molecule has 0 spiro atoms. The Morgan fingerprint density at radius 2 is 1.80 bits per heavy atom. The zero-order valence-electron chi connectivity index (χ0n) is 12.4. The molecule has 1 unspecified atom stereocenters. The smallest absolute Gasteiger partial charge is 0.242 e. The molecule has 5 nitrogen and oxygen atoms in total. The van der Waals surface area contributed by atoms with Gasteiger partial charge in [-0.25, -0.2) is 13.1 Å². The Balaban J connectivity index is 2.84. The first-order valence-electron chi connectivity index (χ1n) is 6.98. The molecule has 20 heavy (non-hydrogen) atoms. The largest absolute Gasteiger partial charge is 0.382 e. The molecule has 0 aliphatic rings. The van der Waals surface area contributed by atoms with Crippen LogP contribution in [0.15, 0.2) is 29.2 Å². The molecule has 6 heteroatoms. The molecule has 0 radical (unpaired) electrons. The maximum absolute atomic E-state index is 11.9. The summed E-state index contributed by atoms with van der Waals surface area (Å²) in [4.78, 5) is 0.249. The summed E-state index contributed by atoms with van der Waals surface area (Å²) in [5.74, 6) is 0.440. The predicted molar refractivity (Wildman–Crippen MR) is 83.2 cm³/mol. The van der Waals surface area contributed by atoms with Gasteiger partial charge in [-0.3, -0.25) is 0 Å². The van der Waals surface area contributed by atoms with Crippen molar-refractivity contribution in [2.24, 2.45) is 11.7 Å². The van der Waals surface area contributed by atoms with Crippen molar-refractivity contribution in [3.8, 4) is 0 Å². The third-order valence-corrected chi connectivity index (χ3v) is 5.10. The minimum absolute atomic E-state index is 0.00958. The van der Waals surface area contributed by atoms with E-state index in [1.807, 2.05) is 0 Å². The van der Waals surface area contributed by atoms with Gasteiger partial charge < -0.3 is 11.1 Å². The van der Waals surface area contributed by atoms with Crippen LogP contribution in [-0.2, 0) is 10.0 Å². The van der Waals surface area contributed by atoms with Crippen molar-refractivity contribution in [3.63, 3.8) is 0 Å². The molecule has 1 atom stereocenters. The second-order valence-corrected chi connectivity index (χ2v) is 6.68. The van der Waals surface area contributed by atoms with Crippen LogP contribution < -0.4 is 15.8 Å². The van der Waals surface area contributed by atoms with Gasteiger partial charge in [-0.1, -0.05) is 38.8 Å². The number of para-hydroxylation sites is 1. The molecule has 0 aliphatic heterocycles. The summed E-state index contributed by atoms with van der Waals surface area (Å²) in [5, 5.41) is 3.16. The quantitative estimate of drug-likeness (QED) is 0.683. The van der Waals surface area contributed by atoms with Crippen molar-refractivity contribution in [3.05, 3.63) is 24.3 Å². The maximum Gasteiger partial charge on any atom is 0.242 e. The Hall–Kier alpha value is -1.11. The summed E-state index contributed by atoms with van der Waals surface area (Å²) in [6, 6.07) is 6.85. The van der Waals surface area contributed by atoms with Crippen molar-refractivity contribution in [1.82, 2.24) is 4.72 Å². The van der Waals surface area contributed by atoms with Gasteiger partial charge in [0.25, 0.3) is 0 Å². The molecule has 1 aromatic rings. The van der Waals surface area contributed by atoms with E-state index in [2.05, 4.69) is 23.9 Å². The summed E-state index contributed by atoms with van der Waals surface area (Å²) in [5.41, 5.74) is 6.74. The second kappa shape index (κ2) is 7.61. The lowest BCUT2D eigenvalue weighted by atomic mass is 9.95. The Labute approximate surface area is 122 Å². The van der Waals surface area contributed by atoms with Crippen LogP contribution in [0, 0.1) is 5.92 Å². The van der Waals surface area contributed by atoms with E-state index in [0.29, 0.717) is 18.2 Å². The molecule has 1 aromatic carbocycles. The van der Waals surface area contributed by atoms with Gasteiger partial charge in [-0.15, -0.1) is 0 Å². The number of hydrogen-bond acceptors (Lipinski definition) is 4. The zero-order chi connectivity index (χ0) is 15.2. The van der Waals surface area contributed by atoms with Crippen molar-refractivity contribution < 1.29 is 8.42 Å². The number of nitrogens with two attached hydrogens (primary N) is 1. The van der Waals surface area contributed by atoms with Crippen molar-refractivity contribution in [2.45, 2.75) is 37.6 Å². The van der Waals surface area contributed by atoms with E-state index in [9.17, 15) is 8.42 Å². The molecule has 0 heterocycles. The lowest BCUT2D eigenvalue weighted by Crippen LogP contribution is -2.36. The first kappa shape index (κ1) is 16.9. The highest BCUT2D eigenvalue weighted by atomic mass is 32.2. The van der Waals surface area contributed by atoms with Gasteiger partial charge in [0.15, 0.2) is 0 Å². The van der Waals surface area contributed by atoms with Gasteiger partial charge in [0.05, 0.1) is 5.69 Å². The van der Waals surface area contributed by atoms with Crippen LogP contribution in [0.3, 0.4) is 0 Å². The Morgan fingerprint density at radius 1 is 1.20 bits per heavy atom. The number of sulfonamides is 1. The average Bonchev–Trinajstić information content (AvgIpc) is 2.46. The molecule has 0 bridgehead atoms. The molecule has 0 amide bonds. The fourth-order valence-corrected chi connectivity index (χ4v) is 3.15. The highest BCUT2D eigenvalue weighted by molar-refractivity contribution is 7.89. The predicted octanol–water partition coefficient (Wildman–Crippen LogP) is 1.77. The molecular weight excluding hydrogens is 274 g/mol. The monoisotopic (exact) mass is 299 g/mol. The van der Waals surface area contributed by atoms with Crippen LogP contribution in [0.25, 0.3) is 0 Å². The van der Waals surface area contributed by atoms with Gasteiger partial charge in [-0.2, -0.15) is 0 Å². The second-order valence-electron chi connectivity index (χ2n) is 4.83. The number of benzene rings is 1. The lowest BCUT2D eigenvalue weighted by Gasteiger charge is -2.22. The molecule has 1 rings (SSSR count). The summed E-state index contributed by atoms with van der Waals surface area (Å²) in [7, 11) is -2.06. The van der Waals surface area contributed by atoms with Crippen molar-refractivity contribution in [2.75, 3.05) is 18.9 Å². The van der Waals surface area contributed by atoms with Gasteiger partial charge in [-0.05, 0) is 25.1 Å². The third kappa shape index (κ3) is 4.19. The van der Waals surface area contributed by atoms with Gasteiger partial charge in [0.2, 0.25) is 10.0 Å². The van der Waals surface area contributed by atoms with Crippen LogP contribution >= 0.6 is 0 Å². The number of hydrogen-bond donors (Lipinski definition) is 3. The Bertz CT molecular complexity index is 513. The molecule has 0 saturated carbocycles. The van der Waals surface area contributed by atoms with Crippen LogP contribution in [0.2, 0.25) is 0 Å². The standard InChI is InChI=1S/C14H25N3O2S/c1-4-11(5-2)12(15)10-17-13-8-6-7-9-14(13)20(18,19)16-3/h6-9,11-12,16-17H,4-5,10,15H2,1-3H3. The first-order valence-corrected chi connectivity index (χ1v) is 8.46. The van der Waals surface area contributed by atoms with Gasteiger partial charge >= 0.3 is 0 Å². The minimum atomic E-state index is -3.46. The summed E-state index contributed by atoms with van der Waals surface area (Å²) in [6.07, 6.45) is 2.05. The van der Waals surface area contributed by atoms with E-state index in [0.717, 1.165) is 12.8 Å². The van der Waals surface area contributed by atoms with Gasteiger partial charge in [0, 0.05) is 12.6 Å². The van der Waals surface area contributed by atoms with E-state index < -0.39 is 10.0 Å². The summed E-state index contributed by atoms with van der Waals surface area (Å²) < 4.78 is 26.2. The van der Waals surface area contributed by atoms with E-state index in [1.165, 1.54) is 7.05 Å². The average molecular weight is 299 g/mol. The van der Waals surface area contributed by atoms with E-state index in [1.54, 1.807) is 24.3 Å². The van der Waals surface area contributed by atoms with E-state index >= 15 is 0 Å². The summed E-state index contributed by atoms with van der Waals surface area (Å²) >= 11 is 0. The highest BCUT2D eigenvalue weighted by Gasteiger charge is 2.18. The fraction of sp³-hybridized carbons (Fsp3) is 0.571. The third-order valence-electron chi connectivity index (χ3n) is 3.63. The lowest BCUT2D eigenvalue weighted by molar-refractivity contribution is 0.407. The van der Waals surface area contributed by atoms with Crippen molar-refractivity contribution >= 4 is 15.7 Å². The first-order chi connectivity index (χ1) is 9.46. The Kier molecular flexibility index (Phi) is 6.45. The van der Waals surface area contributed by atoms with E-state index in [-0.39, 0.29) is 10.9 Å². The van der Waals surface area contributed by atoms with Crippen LogP contribution in [0.4, 0.5) is 5.69 Å². The molecule has 114 valence electrons. The fourth-order valence-electron chi connectivity index (χ4n) is 2.25. The van der Waals surface area contributed by atoms with Crippen LogP contribution in [0.1, 0.15) is 26.7 Å². The molecule has 0 aliphatic carbocycles. The maximum atomic E-state index is 11.9. The van der Waals surface area contributed by atoms with Crippen LogP contribution in [-0.4, -0.2) is 28.1 Å². The topological polar surface area (TPSA) is 84.2 Å².